The summed E-state index contributed by atoms with van der Waals surface area (Å²) < 4.78 is 40.3. The number of nitrogens with zero attached hydrogens (tertiary/aromatic N) is 1. The SMILES string of the molecule is CCC1C2CNCC2CN1C(=O)CCOCC(F)(F)F. The Bertz CT molecular complexity index is 349. The van der Waals surface area contributed by atoms with Crippen molar-refractivity contribution in [1.29, 1.82) is 0 Å². The molecule has 2 saturated heterocycles. The molecule has 0 aromatic carbocycles. The van der Waals surface area contributed by atoms with Crippen LogP contribution in [-0.4, -0.2) is 55.9 Å². The lowest BCUT2D eigenvalue weighted by atomic mass is 9.93. The summed E-state index contributed by atoms with van der Waals surface area (Å²) in [6, 6.07) is 0.213. The molecule has 2 heterocycles. The van der Waals surface area contributed by atoms with Gasteiger partial charge in [-0.25, -0.2) is 0 Å². The van der Waals surface area contributed by atoms with Gasteiger partial charge in [0.05, 0.1) is 13.0 Å². The first-order chi connectivity index (χ1) is 9.42. The lowest BCUT2D eigenvalue weighted by Crippen LogP contribution is -2.40. The molecule has 0 radical (unpaired) electrons. The molecule has 0 aromatic rings. The quantitative estimate of drug-likeness (QED) is 0.780. The van der Waals surface area contributed by atoms with E-state index in [9.17, 15) is 18.0 Å². The molecule has 0 aliphatic carbocycles. The van der Waals surface area contributed by atoms with Crippen molar-refractivity contribution in [2.24, 2.45) is 11.8 Å². The van der Waals surface area contributed by atoms with Crippen LogP contribution in [-0.2, 0) is 9.53 Å². The maximum Gasteiger partial charge on any atom is 0.411 e. The number of carbonyl (C=O) groups excluding carboxylic acids is 1. The summed E-state index contributed by atoms with van der Waals surface area (Å²) in [4.78, 5) is 14.0. The zero-order valence-electron chi connectivity index (χ0n) is 11.6. The van der Waals surface area contributed by atoms with E-state index in [1.165, 1.54) is 0 Å². The lowest BCUT2D eigenvalue weighted by Gasteiger charge is -2.27. The molecule has 0 aromatic heterocycles. The molecule has 3 atom stereocenters. The van der Waals surface area contributed by atoms with E-state index in [0.717, 1.165) is 19.5 Å². The van der Waals surface area contributed by atoms with E-state index in [1.54, 1.807) is 0 Å². The molecule has 0 saturated carbocycles. The van der Waals surface area contributed by atoms with Crippen LogP contribution in [0.4, 0.5) is 13.2 Å². The highest BCUT2D eigenvalue weighted by Crippen LogP contribution is 2.34. The lowest BCUT2D eigenvalue weighted by molar-refractivity contribution is -0.175. The van der Waals surface area contributed by atoms with Gasteiger partial charge in [0.25, 0.3) is 0 Å². The van der Waals surface area contributed by atoms with Crippen LogP contribution in [0.2, 0.25) is 0 Å². The predicted octanol–water partition coefficient (Wildman–Crippen LogP) is 1.41. The third-order valence-corrected chi connectivity index (χ3v) is 4.18. The first-order valence-electron chi connectivity index (χ1n) is 7.07. The Balaban J connectivity index is 1.78. The van der Waals surface area contributed by atoms with Crippen molar-refractivity contribution in [3.8, 4) is 0 Å². The Morgan fingerprint density at radius 1 is 1.40 bits per heavy atom. The molecule has 4 nitrogen and oxygen atoms in total. The van der Waals surface area contributed by atoms with Gasteiger partial charge in [-0.2, -0.15) is 13.2 Å². The molecular weight excluding hydrogens is 273 g/mol. The van der Waals surface area contributed by atoms with Crippen molar-refractivity contribution in [3.63, 3.8) is 0 Å². The number of amides is 1. The normalized spacial score (nSPS) is 29.8. The molecule has 1 amide bonds. The fourth-order valence-electron chi connectivity index (χ4n) is 3.32. The Morgan fingerprint density at radius 3 is 2.80 bits per heavy atom. The number of hydrogen-bond acceptors (Lipinski definition) is 3. The maximum absolute atomic E-state index is 12.1. The molecular formula is C13H21F3N2O2. The molecule has 7 heteroatoms. The average Bonchev–Trinajstić information content (AvgIpc) is 2.92. The van der Waals surface area contributed by atoms with Gasteiger partial charge < -0.3 is 15.0 Å². The Morgan fingerprint density at radius 2 is 2.15 bits per heavy atom. The topological polar surface area (TPSA) is 41.6 Å². The van der Waals surface area contributed by atoms with Crippen LogP contribution < -0.4 is 5.32 Å². The van der Waals surface area contributed by atoms with Gasteiger partial charge in [-0.1, -0.05) is 6.92 Å². The van der Waals surface area contributed by atoms with E-state index in [4.69, 9.17) is 0 Å². The van der Waals surface area contributed by atoms with E-state index in [0.29, 0.717) is 18.4 Å². The van der Waals surface area contributed by atoms with Gasteiger partial charge in [0.15, 0.2) is 0 Å². The minimum absolute atomic E-state index is 0.0272. The number of nitrogens with one attached hydrogen (secondary N) is 1. The second-order valence-corrected chi connectivity index (χ2v) is 5.52. The highest BCUT2D eigenvalue weighted by atomic mass is 19.4. The molecule has 116 valence electrons. The van der Waals surface area contributed by atoms with Crippen molar-refractivity contribution >= 4 is 5.91 Å². The Labute approximate surface area is 116 Å². The van der Waals surface area contributed by atoms with Crippen LogP contribution in [0.25, 0.3) is 0 Å². The second kappa shape index (κ2) is 6.30. The van der Waals surface area contributed by atoms with Crippen LogP contribution in [0, 0.1) is 11.8 Å². The summed E-state index contributed by atoms with van der Waals surface area (Å²) in [5, 5.41) is 3.33. The van der Waals surface area contributed by atoms with Crippen LogP contribution in [0.1, 0.15) is 19.8 Å². The van der Waals surface area contributed by atoms with E-state index in [2.05, 4.69) is 10.1 Å². The number of alkyl halides is 3. The summed E-state index contributed by atoms with van der Waals surface area (Å²) >= 11 is 0. The summed E-state index contributed by atoms with van der Waals surface area (Å²) in [6.45, 7) is 3.17. The van der Waals surface area contributed by atoms with Gasteiger partial charge in [-0.15, -0.1) is 0 Å². The Kier molecular flexibility index (Phi) is 4.90. The van der Waals surface area contributed by atoms with Gasteiger partial charge in [-0.3, -0.25) is 4.79 Å². The molecule has 1 N–H and O–H groups in total. The van der Waals surface area contributed by atoms with Gasteiger partial charge in [0.1, 0.15) is 6.61 Å². The predicted molar refractivity (Wildman–Crippen MR) is 67.1 cm³/mol. The number of ether oxygens (including phenoxy) is 1. The number of carbonyl (C=O) groups is 1. The Hall–Kier alpha value is -0.820. The largest absolute Gasteiger partial charge is 0.411 e. The van der Waals surface area contributed by atoms with E-state index >= 15 is 0 Å². The monoisotopic (exact) mass is 294 g/mol. The minimum Gasteiger partial charge on any atom is -0.372 e. The highest BCUT2D eigenvalue weighted by Gasteiger charge is 2.44. The molecule has 2 aliphatic rings. The van der Waals surface area contributed by atoms with Crippen LogP contribution in [0.3, 0.4) is 0 Å². The number of likely N-dealkylation sites (tertiary alicyclic amines) is 1. The molecule has 2 aliphatic heterocycles. The zero-order valence-corrected chi connectivity index (χ0v) is 11.6. The third kappa shape index (κ3) is 3.63. The van der Waals surface area contributed by atoms with Crippen molar-refractivity contribution in [2.75, 3.05) is 32.8 Å². The summed E-state index contributed by atoms with van der Waals surface area (Å²) in [6.07, 6.45) is -3.41. The molecule has 2 fully saturated rings. The van der Waals surface area contributed by atoms with Crippen molar-refractivity contribution in [3.05, 3.63) is 0 Å². The zero-order chi connectivity index (χ0) is 14.8. The van der Waals surface area contributed by atoms with Gasteiger partial charge >= 0.3 is 6.18 Å². The fourth-order valence-corrected chi connectivity index (χ4v) is 3.32. The second-order valence-electron chi connectivity index (χ2n) is 5.52. The van der Waals surface area contributed by atoms with Gasteiger partial charge in [0.2, 0.25) is 5.91 Å². The van der Waals surface area contributed by atoms with Crippen molar-refractivity contribution in [2.45, 2.75) is 32.0 Å². The molecule has 0 bridgehead atoms. The standard InChI is InChI=1S/C13H21F3N2O2/c1-2-11-10-6-17-5-9(10)7-18(11)12(19)3-4-20-8-13(14,15)16/h9-11,17H,2-8H2,1H3. The van der Waals surface area contributed by atoms with Crippen LogP contribution in [0.5, 0.6) is 0 Å². The number of rotatable bonds is 5. The molecule has 2 rings (SSSR count). The van der Waals surface area contributed by atoms with Crippen LogP contribution >= 0.6 is 0 Å². The fraction of sp³-hybridized carbons (Fsp3) is 0.923. The molecule has 20 heavy (non-hydrogen) atoms. The summed E-state index contributed by atoms with van der Waals surface area (Å²) in [5.74, 6) is 0.883. The summed E-state index contributed by atoms with van der Waals surface area (Å²) in [7, 11) is 0. The molecule has 0 spiro atoms. The number of fused-ring (bicyclic) bond motifs is 1. The smallest absolute Gasteiger partial charge is 0.372 e. The minimum atomic E-state index is -4.33. The van der Waals surface area contributed by atoms with Gasteiger partial charge in [0, 0.05) is 25.7 Å². The first-order valence-corrected chi connectivity index (χ1v) is 7.07. The number of hydrogen-bond donors (Lipinski definition) is 1. The summed E-state index contributed by atoms with van der Waals surface area (Å²) in [5.41, 5.74) is 0. The number of halogens is 3. The van der Waals surface area contributed by atoms with E-state index in [1.807, 2.05) is 11.8 Å². The van der Waals surface area contributed by atoms with Crippen molar-refractivity contribution < 1.29 is 22.7 Å². The maximum atomic E-state index is 12.1. The van der Waals surface area contributed by atoms with Crippen LogP contribution in [0.15, 0.2) is 0 Å². The molecule has 3 unspecified atom stereocenters. The third-order valence-electron chi connectivity index (χ3n) is 4.18. The van der Waals surface area contributed by atoms with Gasteiger partial charge in [-0.05, 0) is 18.3 Å². The van der Waals surface area contributed by atoms with E-state index < -0.39 is 12.8 Å². The van der Waals surface area contributed by atoms with E-state index in [-0.39, 0.29) is 25.0 Å². The average molecular weight is 294 g/mol. The van der Waals surface area contributed by atoms with Crippen molar-refractivity contribution in [1.82, 2.24) is 10.2 Å². The first kappa shape index (κ1) is 15.6. The highest BCUT2D eigenvalue weighted by molar-refractivity contribution is 5.77.